The van der Waals surface area contributed by atoms with Crippen LogP contribution in [-0.2, 0) is 4.74 Å². The third-order valence-corrected chi connectivity index (χ3v) is 4.49. The fraction of sp³-hybridized carbons (Fsp3) is 0.250. The summed E-state index contributed by atoms with van der Waals surface area (Å²) in [6.07, 6.45) is 0. The molecule has 3 rings (SSSR count). The van der Waals surface area contributed by atoms with Gasteiger partial charge in [0.15, 0.2) is 5.11 Å². The van der Waals surface area contributed by atoms with Crippen LogP contribution >= 0.6 is 12.2 Å². The van der Waals surface area contributed by atoms with Crippen molar-refractivity contribution in [1.29, 1.82) is 0 Å². The first kappa shape index (κ1) is 19.0. The van der Waals surface area contributed by atoms with Gasteiger partial charge in [-0.25, -0.2) is 0 Å². The molecular weight excluding hydrogens is 362 g/mol. The maximum absolute atomic E-state index is 12.6. The van der Waals surface area contributed by atoms with Gasteiger partial charge in [0.1, 0.15) is 0 Å². The average molecular weight is 383 g/mol. The lowest BCUT2D eigenvalue weighted by atomic mass is 10.1. The molecule has 2 aromatic carbocycles. The van der Waals surface area contributed by atoms with Crippen molar-refractivity contribution in [2.45, 2.75) is 6.92 Å². The fourth-order valence-electron chi connectivity index (χ4n) is 2.84. The fourth-order valence-corrected chi connectivity index (χ4v) is 3.05. The number of amides is 2. The molecule has 1 saturated heterocycles. The first-order valence-electron chi connectivity index (χ1n) is 8.69. The van der Waals surface area contributed by atoms with Crippen LogP contribution in [0.1, 0.15) is 26.3 Å². The van der Waals surface area contributed by atoms with E-state index in [1.807, 2.05) is 19.1 Å². The van der Waals surface area contributed by atoms with Gasteiger partial charge in [-0.15, -0.1) is 0 Å². The molecule has 0 bridgehead atoms. The van der Waals surface area contributed by atoms with E-state index in [-0.39, 0.29) is 16.9 Å². The van der Waals surface area contributed by atoms with Gasteiger partial charge in [-0.05, 0) is 49.0 Å². The summed E-state index contributed by atoms with van der Waals surface area (Å²) in [5.74, 6) is -0.317. The second-order valence-corrected chi connectivity index (χ2v) is 6.62. The number of carbonyl (C=O) groups is 2. The summed E-state index contributed by atoms with van der Waals surface area (Å²) in [5.41, 5.74) is 2.65. The van der Waals surface area contributed by atoms with E-state index < -0.39 is 0 Å². The summed E-state index contributed by atoms with van der Waals surface area (Å²) in [6.45, 7) is 4.15. The van der Waals surface area contributed by atoms with Crippen molar-refractivity contribution >= 4 is 34.8 Å². The smallest absolute Gasteiger partial charge is 0.257 e. The van der Waals surface area contributed by atoms with Gasteiger partial charge >= 0.3 is 0 Å². The molecule has 2 amide bonds. The number of nitrogens with zero attached hydrogens (tertiary/aromatic N) is 1. The molecule has 7 heteroatoms. The molecule has 0 spiro atoms. The number of ether oxygens (including phenoxy) is 1. The molecule has 0 saturated carbocycles. The molecule has 27 heavy (non-hydrogen) atoms. The van der Waals surface area contributed by atoms with Gasteiger partial charge in [0.2, 0.25) is 0 Å². The number of anilines is 1. The van der Waals surface area contributed by atoms with E-state index in [4.69, 9.17) is 17.0 Å². The molecule has 1 fully saturated rings. The van der Waals surface area contributed by atoms with Gasteiger partial charge in [0, 0.05) is 29.9 Å². The molecule has 1 aliphatic heterocycles. The predicted octanol–water partition coefficient (Wildman–Crippen LogP) is 2.59. The van der Waals surface area contributed by atoms with E-state index in [0.29, 0.717) is 43.1 Å². The minimum absolute atomic E-state index is 0.0446. The average Bonchev–Trinajstić information content (AvgIpc) is 2.68. The Kier molecular flexibility index (Phi) is 6.16. The van der Waals surface area contributed by atoms with E-state index in [9.17, 15) is 9.59 Å². The normalized spacial score (nSPS) is 13.7. The maximum Gasteiger partial charge on any atom is 0.257 e. The zero-order chi connectivity index (χ0) is 19.2. The molecule has 2 aromatic rings. The number of thiocarbonyl (C=S) groups is 1. The number of hydrogen-bond acceptors (Lipinski definition) is 4. The Hall–Kier alpha value is -2.77. The largest absolute Gasteiger partial charge is 0.378 e. The molecule has 1 aliphatic rings. The lowest BCUT2D eigenvalue weighted by Crippen LogP contribution is -2.40. The minimum Gasteiger partial charge on any atom is -0.378 e. The second kappa shape index (κ2) is 8.75. The van der Waals surface area contributed by atoms with Crippen LogP contribution in [0.4, 0.5) is 5.69 Å². The number of rotatable bonds is 3. The number of carbonyl (C=O) groups excluding carboxylic acids is 2. The first-order valence-corrected chi connectivity index (χ1v) is 9.10. The summed E-state index contributed by atoms with van der Waals surface area (Å²) in [5, 5.41) is 5.81. The highest BCUT2D eigenvalue weighted by Crippen LogP contribution is 2.14. The standard InChI is InChI=1S/C20H21N3O3S/c1-14-5-2-3-8-17(14)18(24)22-20(27)21-16-7-4-6-15(13-16)19(25)23-9-11-26-12-10-23/h2-8,13H,9-12H2,1H3,(H2,21,22,24,27). The van der Waals surface area contributed by atoms with Crippen LogP contribution in [0.5, 0.6) is 0 Å². The van der Waals surface area contributed by atoms with Crippen LogP contribution in [0.25, 0.3) is 0 Å². The van der Waals surface area contributed by atoms with Crippen LogP contribution in [0.15, 0.2) is 48.5 Å². The van der Waals surface area contributed by atoms with Crippen LogP contribution in [-0.4, -0.2) is 48.1 Å². The Labute approximate surface area is 163 Å². The summed E-state index contributed by atoms with van der Waals surface area (Å²) in [4.78, 5) is 26.7. The molecule has 140 valence electrons. The third kappa shape index (κ3) is 4.90. The first-order chi connectivity index (χ1) is 13.0. The van der Waals surface area contributed by atoms with Crippen LogP contribution < -0.4 is 10.6 Å². The zero-order valence-corrected chi connectivity index (χ0v) is 15.8. The second-order valence-electron chi connectivity index (χ2n) is 6.21. The van der Waals surface area contributed by atoms with Crippen molar-refractivity contribution in [2.75, 3.05) is 31.6 Å². The maximum atomic E-state index is 12.6. The molecule has 6 nitrogen and oxygen atoms in total. The molecule has 0 unspecified atom stereocenters. The molecule has 2 N–H and O–H groups in total. The number of hydrogen-bond donors (Lipinski definition) is 2. The zero-order valence-electron chi connectivity index (χ0n) is 15.0. The van der Waals surface area contributed by atoms with Gasteiger partial charge in [-0.2, -0.15) is 0 Å². The Morgan fingerprint density at radius 1 is 1.07 bits per heavy atom. The molecule has 0 aliphatic carbocycles. The van der Waals surface area contributed by atoms with Crippen LogP contribution in [0.2, 0.25) is 0 Å². The Bertz CT molecular complexity index is 863. The molecule has 0 aromatic heterocycles. The van der Waals surface area contributed by atoms with E-state index in [1.54, 1.807) is 41.3 Å². The van der Waals surface area contributed by atoms with Crippen molar-refractivity contribution in [1.82, 2.24) is 10.2 Å². The molecule has 1 heterocycles. The quantitative estimate of drug-likeness (QED) is 0.798. The number of benzene rings is 2. The Morgan fingerprint density at radius 3 is 2.56 bits per heavy atom. The van der Waals surface area contributed by atoms with Crippen molar-refractivity contribution in [3.63, 3.8) is 0 Å². The molecule has 0 radical (unpaired) electrons. The van der Waals surface area contributed by atoms with Gasteiger partial charge in [-0.1, -0.05) is 24.3 Å². The summed E-state index contributed by atoms with van der Waals surface area (Å²) in [7, 11) is 0. The van der Waals surface area contributed by atoms with Gasteiger partial charge in [0.25, 0.3) is 11.8 Å². The van der Waals surface area contributed by atoms with Crippen LogP contribution in [0, 0.1) is 6.92 Å². The molecular formula is C20H21N3O3S. The lowest BCUT2D eigenvalue weighted by Gasteiger charge is -2.27. The van der Waals surface area contributed by atoms with Crippen molar-refractivity contribution in [3.8, 4) is 0 Å². The summed E-state index contributed by atoms with van der Waals surface area (Å²) >= 11 is 5.23. The van der Waals surface area contributed by atoms with Gasteiger partial charge in [-0.3, -0.25) is 14.9 Å². The minimum atomic E-state index is -0.272. The topological polar surface area (TPSA) is 70.7 Å². The van der Waals surface area contributed by atoms with E-state index in [0.717, 1.165) is 5.56 Å². The highest BCUT2D eigenvalue weighted by molar-refractivity contribution is 7.80. The van der Waals surface area contributed by atoms with Crippen molar-refractivity contribution < 1.29 is 14.3 Å². The predicted molar refractivity (Wildman–Crippen MR) is 108 cm³/mol. The number of morpholine rings is 1. The highest BCUT2D eigenvalue weighted by Gasteiger charge is 2.18. The number of aryl methyl sites for hydroxylation is 1. The van der Waals surface area contributed by atoms with Gasteiger partial charge in [0.05, 0.1) is 13.2 Å². The van der Waals surface area contributed by atoms with Crippen molar-refractivity contribution in [3.05, 3.63) is 65.2 Å². The summed E-state index contributed by atoms with van der Waals surface area (Å²) in [6, 6.07) is 14.4. The third-order valence-electron chi connectivity index (χ3n) is 4.28. The Balaban J connectivity index is 1.63. The van der Waals surface area contributed by atoms with E-state index in [1.165, 1.54) is 0 Å². The lowest BCUT2D eigenvalue weighted by molar-refractivity contribution is 0.0303. The number of nitrogens with one attached hydrogen (secondary N) is 2. The Morgan fingerprint density at radius 2 is 1.81 bits per heavy atom. The van der Waals surface area contributed by atoms with Gasteiger partial charge < -0.3 is 15.0 Å². The van der Waals surface area contributed by atoms with E-state index >= 15 is 0 Å². The highest BCUT2D eigenvalue weighted by atomic mass is 32.1. The van der Waals surface area contributed by atoms with Crippen LogP contribution in [0.3, 0.4) is 0 Å². The SMILES string of the molecule is Cc1ccccc1C(=O)NC(=S)Nc1cccc(C(=O)N2CCOCC2)c1. The monoisotopic (exact) mass is 383 g/mol. The molecule has 0 atom stereocenters. The summed E-state index contributed by atoms with van der Waals surface area (Å²) < 4.78 is 5.28. The van der Waals surface area contributed by atoms with Crippen molar-refractivity contribution in [2.24, 2.45) is 0 Å². The van der Waals surface area contributed by atoms with E-state index in [2.05, 4.69) is 10.6 Å².